The van der Waals surface area contributed by atoms with Gasteiger partial charge >= 0.3 is 5.51 Å². The molecule has 2 N–H and O–H groups in total. The fraction of sp³-hybridized carbons (Fsp3) is 0.600. The summed E-state index contributed by atoms with van der Waals surface area (Å²) >= 11 is -0.387. The molecule has 0 aliphatic carbocycles. The first-order chi connectivity index (χ1) is 9.60. The molecule has 1 atom stereocenters. The number of halogens is 4. The molecule has 1 rings (SSSR count). The standard InChI is InChI=1S/C15H21F4NS/c1-9(2)12-7-11(6-4-5-10(3)20)8-13(14(12)16)21-15(17,18)19/h7-10H,4-6,20H2,1-3H3/t10-/m0/s1. The Kier molecular flexibility index (Phi) is 6.53. The summed E-state index contributed by atoms with van der Waals surface area (Å²) in [7, 11) is 0. The van der Waals surface area contributed by atoms with E-state index in [1.54, 1.807) is 19.9 Å². The van der Waals surface area contributed by atoms with E-state index < -0.39 is 11.3 Å². The van der Waals surface area contributed by atoms with Crippen molar-refractivity contribution in [2.75, 3.05) is 0 Å². The zero-order valence-corrected chi connectivity index (χ0v) is 13.2. The van der Waals surface area contributed by atoms with Gasteiger partial charge in [0, 0.05) is 6.04 Å². The maximum absolute atomic E-state index is 14.1. The van der Waals surface area contributed by atoms with Crippen LogP contribution in [0.25, 0.3) is 0 Å². The summed E-state index contributed by atoms with van der Waals surface area (Å²) in [6.07, 6.45) is 2.17. The Morgan fingerprint density at radius 2 is 1.81 bits per heavy atom. The minimum Gasteiger partial charge on any atom is -0.328 e. The van der Waals surface area contributed by atoms with Crippen LogP contribution in [0.3, 0.4) is 0 Å². The number of hydrogen-bond acceptors (Lipinski definition) is 2. The fourth-order valence-corrected chi connectivity index (χ4v) is 2.74. The topological polar surface area (TPSA) is 26.0 Å². The molecular weight excluding hydrogens is 302 g/mol. The summed E-state index contributed by atoms with van der Waals surface area (Å²) in [5.41, 5.74) is 2.24. The lowest BCUT2D eigenvalue weighted by Crippen LogP contribution is -2.14. The van der Waals surface area contributed by atoms with Crippen LogP contribution in [0.1, 0.15) is 50.7 Å². The third-order valence-corrected chi connectivity index (χ3v) is 3.85. The molecule has 6 heteroatoms. The van der Waals surface area contributed by atoms with E-state index in [1.165, 1.54) is 6.07 Å². The van der Waals surface area contributed by atoms with E-state index >= 15 is 0 Å². The molecule has 0 aromatic heterocycles. The van der Waals surface area contributed by atoms with Crippen molar-refractivity contribution in [2.24, 2.45) is 5.73 Å². The smallest absolute Gasteiger partial charge is 0.328 e. The molecular formula is C15H21F4NS. The quantitative estimate of drug-likeness (QED) is 0.573. The number of benzene rings is 1. The second-order valence-corrected chi connectivity index (χ2v) is 6.68. The largest absolute Gasteiger partial charge is 0.446 e. The third-order valence-electron chi connectivity index (χ3n) is 3.10. The molecule has 0 unspecified atom stereocenters. The number of nitrogens with two attached hydrogens (primary N) is 1. The molecule has 120 valence electrons. The van der Waals surface area contributed by atoms with E-state index in [9.17, 15) is 17.6 Å². The first kappa shape index (κ1) is 18.3. The lowest BCUT2D eigenvalue weighted by Gasteiger charge is -2.15. The Hall–Kier alpha value is -0.750. The van der Waals surface area contributed by atoms with Gasteiger partial charge < -0.3 is 5.73 Å². The van der Waals surface area contributed by atoms with Crippen molar-refractivity contribution < 1.29 is 17.6 Å². The third kappa shape index (κ3) is 6.26. The SMILES string of the molecule is CC(C)c1cc(CCC[C@H](C)N)cc(SC(F)(F)F)c1F. The van der Waals surface area contributed by atoms with Crippen molar-refractivity contribution >= 4 is 11.8 Å². The summed E-state index contributed by atoms with van der Waals surface area (Å²) in [4.78, 5) is -0.343. The van der Waals surface area contributed by atoms with E-state index in [4.69, 9.17) is 5.73 Å². The zero-order chi connectivity index (χ0) is 16.2. The van der Waals surface area contributed by atoms with Crippen LogP contribution in [0.2, 0.25) is 0 Å². The minimum absolute atomic E-state index is 0.0547. The Labute approximate surface area is 127 Å². The molecule has 1 aromatic carbocycles. The van der Waals surface area contributed by atoms with Crippen LogP contribution >= 0.6 is 11.8 Å². The molecule has 21 heavy (non-hydrogen) atoms. The van der Waals surface area contributed by atoms with Gasteiger partial charge in [-0.3, -0.25) is 0 Å². The van der Waals surface area contributed by atoms with Gasteiger partial charge in [0.2, 0.25) is 0 Å². The van der Waals surface area contributed by atoms with Gasteiger partial charge in [-0.15, -0.1) is 0 Å². The van der Waals surface area contributed by atoms with Crippen LogP contribution in [-0.4, -0.2) is 11.6 Å². The number of aryl methyl sites for hydroxylation is 1. The molecule has 0 fully saturated rings. The number of rotatable bonds is 6. The minimum atomic E-state index is -4.49. The maximum Gasteiger partial charge on any atom is 0.446 e. The van der Waals surface area contributed by atoms with E-state index in [0.717, 1.165) is 18.4 Å². The highest BCUT2D eigenvalue weighted by molar-refractivity contribution is 8.00. The van der Waals surface area contributed by atoms with E-state index in [1.807, 2.05) is 6.92 Å². The Bertz CT molecular complexity index is 469. The molecule has 0 aliphatic rings. The predicted molar refractivity (Wildman–Crippen MR) is 79.0 cm³/mol. The summed E-state index contributed by atoms with van der Waals surface area (Å²) in [6.45, 7) is 5.42. The van der Waals surface area contributed by atoms with Gasteiger partial charge in [-0.1, -0.05) is 19.9 Å². The summed E-state index contributed by atoms with van der Waals surface area (Å²) in [5, 5.41) is 0. The van der Waals surface area contributed by atoms with Gasteiger partial charge in [0.25, 0.3) is 0 Å². The second kappa shape index (κ2) is 7.49. The number of hydrogen-bond donors (Lipinski definition) is 1. The van der Waals surface area contributed by atoms with Crippen LogP contribution in [0.15, 0.2) is 17.0 Å². The highest BCUT2D eigenvalue weighted by Gasteiger charge is 2.31. The van der Waals surface area contributed by atoms with Gasteiger partial charge in [0.1, 0.15) is 5.82 Å². The predicted octanol–water partition coefficient (Wildman–Crippen LogP) is 5.23. The Morgan fingerprint density at radius 3 is 2.29 bits per heavy atom. The summed E-state index contributed by atoms with van der Waals surface area (Å²) < 4.78 is 51.7. The molecule has 0 amide bonds. The maximum atomic E-state index is 14.1. The lowest BCUT2D eigenvalue weighted by molar-refractivity contribution is -0.0329. The first-order valence-electron chi connectivity index (χ1n) is 6.93. The highest BCUT2D eigenvalue weighted by Crippen LogP contribution is 2.40. The Morgan fingerprint density at radius 1 is 1.19 bits per heavy atom. The fourth-order valence-electron chi connectivity index (χ4n) is 2.07. The molecule has 1 nitrogen and oxygen atoms in total. The Balaban J connectivity index is 3.03. The second-order valence-electron chi connectivity index (χ2n) is 5.57. The van der Waals surface area contributed by atoms with E-state index in [-0.39, 0.29) is 28.6 Å². The average molecular weight is 323 g/mol. The van der Waals surface area contributed by atoms with Gasteiger partial charge in [0.15, 0.2) is 0 Å². The van der Waals surface area contributed by atoms with Crippen LogP contribution in [0.4, 0.5) is 17.6 Å². The van der Waals surface area contributed by atoms with Gasteiger partial charge in [-0.2, -0.15) is 13.2 Å². The molecule has 0 spiro atoms. The molecule has 1 aromatic rings. The first-order valence-corrected chi connectivity index (χ1v) is 7.75. The lowest BCUT2D eigenvalue weighted by atomic mass is 9.97. The van der Waals surface area contributed by atoms with Crippen molar-refractivity contribution in [3.63, 3.8) is 0 Å². The summed E-state index contributed by atoms with van der Waals surface area (Å²) in [6, 6.07) is 3.03. The van der Waals surface area contributed by atoms with Crippen LogP contribution in [0, 0.1) is 5.82 Å². The van der Waals surface area contributed by atoms with Crippen LogP contribution < -0.4 is 5.73 Å². The monoisotopic (exact) mass is 323 g/mol. The average Bonchev–Trinajstić information content (AvgIpc) is 2.30. The molecule has 0 bridgehead atoms. The zero-order valence-electron chi connectivity index (χ0n) is 12.4. The van der Waals surface area contributed by atoms with Gasteiger partial charge in [0.05, 0.1) is 4.90 Å². The van der Waals surface area contributed by atoms with Crippen molar-refractivity contribution in [1.82, 2.24) is 0 Å². The van der Waals surface area contributed by atoms with E-state index in [2.05, 4.69) is 0 Å². The van der Waals surface area contributed by atoms with Crippen LogP contribution in [0.5, 0.6) is 0 Å². The molecule has 0 saturated heterocycles. The number of alkyl halides is 3. The van der Waals surface area contributed by atoms with Crippen molar-refractivity contribution in [1.29, 1.82) is 0 Å². The summed E-state index contributed by atoms with van der Waals surface area (Å²) in [5.74, 6) is -0.922. The van der Waals surface area contributed by atoms with Crippen LogP contribution in [-0.2, 0) is 6.42 Å². The molecule has 0 heterocycles. The highest BCUT2D eigenvalue weighted by atomic mass is 32.2. The van der Waals surface area contributed by atoms with Gasteiger partial charge in [-0.25, -0.2) is 4.39 Å². The number of thioether (sulfide) groups is 1. The van der Waals surface area contributed by atoms with Crippen molar-refractivity contribution in [2.45, 2.75) is 62.4 Å². The normalized spacial score (nSPS) is 13.8. The van der Waals surface area contributed by atoms with E-state index in [0.29, 0.717) is 12.0 Å². The molecule has 0 aliphatic heterocycles. The van der Waals surface area contributed by atoms with Crippen molar-refractivity contribution in [3.8, 4) is 0 Å². The molecule has 0 saturated carbocycles. The van der Waals surface area contributed by atoms with Gasteiger partial charge in [-0.05, 0) is 61.1 Å². The molecule has 0 radical (unpaired) electrons. The van der Waals surface area contributed by atoms with Crippen molar-refractivity contribution in [3.05, 3.63) is 29.1 Å².